The molecule has 2 aromatic heterocycles. The zero-order chi connectivity index (χ0) is 29.7. The third kappa shape index (κ3) is 4.77. The molecule has 1 aliphatic carbocycles. The molecule has 8 rings (SSSR count). The molecule has 3 aliphatic rings. The number of hydrogen-bond acceptors (Lipinski definition) is 5. The van der Waals surface area contributed by atoms with Gasteiger partial charge in [0.1, 0.15) is 0 Å². The Morgan fingerprint density at radius 3 is 2.64 bits per heavy atom. The minimum Gasteiger partial charge on any atom is -0.381 e. The molecule has 1 unspecified atom stereocenters. The van der Waals surface area contributed by atoms with E-state index in [1.807, 2.05) is 54.7 Å². The number of carbonyl (C=O) groups is 1. The van der Waals surface area contributed by atoms with Gasteiger partial charge in [0.05, 0.1) is 11.9 Å². The van der Waals surface area contributed by atoms with E-state index in [4.69, 9.17) is 4.98 Å². The average molecular weight is 581 g/mol. The molecule has 0 bridgehead atoms. The third-order valence-corrected chi connectivity index (χ3v) is 9.75. The molecular weight excluding hydrogens is 544 g/mol. The van der Waals surface area contributed by atoms with Crippen LogP contribution >= 0.6 is 0 Å². The lowest BCUT2D eigenvalue weighted by molar-refractivity contribution is 0.0735. The topological polar surface area (TPSA) is 65.8 Å². The molecule has 7 nitrogen and oxygen atoms in total. The molecule has 2 aliphatic heterocycles. The number of carbonyl (C=O) groups excluding carboxylic acids is 1. The number of hydrogen-bond donors (Lipinski definition) is 1. The van der Waals surface area contributed by atoms with Crippen molar-refractivity contribution in [3.63, 3.8) is 0 Å². The van der Waals surface area contributed by atoms with Crippen molar-refractivity contribution in [2.75, 3.05) is 32.0 Å². The summed E-state index contributed by atoms with van der Waals surface area (Å²) >= 11 is 0. The van der Waals surface area contributed by atoms with Crippen molar-refractivity contribution in [3.8, 4) is 11.1 Å². The van der Waals surface area contributed by atoms with Gasteiger partial charge in [-0.3, -0.25) is 14.1 Å². The first-order valence-corrected chi connectivity index (χ1v) is 15.6. The first kappa shape index (κ1) is 26.8. The lowest BCUT2D eigenvalue weighted by Gasteiger charge is -2.25. The van der Waals surface area contributed by atoms with E-state index in [2.05, 4.69) is 80.4 Å². The average Bonchev–Trinajstić information content (AvgIpc) is 3.55. The molecule has 5 aromatic rings. The lowest BCUT2D eigenvalue weighted by Crippen LogP contribution is -2.38. The van der Waals surface area contributed by atoms with Crippen LogP contribution in [0.15, 0.2) is 97.5 Å². The van der Waals surface area contributed by atoms with E-state index >= 15 is 0 Å². The van der Waals surface area contributed by atoms with Crippen LogP contribution in [0.2, 0.25) is 0 Å². The van der Waals surface area contributed by atoms with Crippen molar-refractivity contribution in [3.05, 3.63) is 125 Å². The third-order valence-electron chi connectivity index (χ3n) is 9.75. The number of likely N-dealkylation sites (N-methyl/N-ethyl adjacent to an activating group) is 1. The summed E-state index contributed by atoms with van der Waals surface area (Å²) in [5.41, 5.74) is 8.96. The Hall–Kier alpha value is -4.75. The second kappa shape index (κ2) is 10.8. The van der Waals surface area contributed by atoms with Gasteiger partial charge in [0.15, 0.2) is 0 Å². The largest absolute Gasteiger partial charge is 0.381 e. The summed E-state index contributed by atoms with van der Waals surface area (Å²) < 4.78 is 2.16. The van der Waals surface area contributed by atoms with Crippen LogP contribution in [0, 0.1) is 0 Å². The summed E-state index contributed by atoms with van der Waals surface area (Å²) in [6, 6.07) is 25.5. The Balaban J connectivity index is 0.997. The predicted octanol–water partition coefficient (Wildman–Crippen LogP) is 6.26. The van der Waals surface area contributed by atoms with Gasteiger partial charge in [-0.2, -0.15) is 0 Å². The van der Waals surface area contributed by atoms with Gasteiger partial charge in [-0.25, -0.2) is 9.97 Å². The normalized spacial score (nSPS) is 18.6. The summed E-state index contributed by atoms with van der Waals surface area (Å²) in [5.74, 6) is 0.778. The lowest BCUT2D eigenvalue weighted by atomic mass is 9.90. The van der Waals surface area contributed by atoms with Crippen molar-refractivity contribution in [2.45, 2.75) is 37.3 Å². The number of benzene rings is 3. The molecule has 0 radical (unpaired) electrons. The highest BCUT2D eigenvalue weighted by atomic mass is 16.2. The molecule has 1 atom stereocenters. The number of rotatable bonds is 7. The highest BCUT2D eigenvalue weighted by Gasteiger charge is 2.48. The summed E-state index contributed by atoms with van der Waals surface area (Å²) in [7, 11) is 1.94. The van der Waals surface area contributed by atoms with E-state index in [0.29, 0.717) is 11.3 Å². The van der Waals surface area contributed by atoms with Crippen LogP contribution < -0.4 is 5.32 Å². The fourth-order valence-corrected chi connectivity index (χ4v) is 7.00. The fraction of sp³-hybridized carbons (Fsp3) is 0.270. The second-order valence-electron chi connectivity index (χ2n) is 12.5. The van der Waals surface area contributed by atoms with Crippen molar-refractivity contribution in [1.82, 2.24) is 24.2 Å². The zero-order valence-electron chi connectivity index (χ0n) is 25.0. The quantitative estimate of drug-likeness (QED) is 0.246. The maximum absolute atomic E-state index is 13.4. The number of fused-ring (bicyclic) bond motifs is 2. The Morgan fingerprint density at radius 2 is 1.82 bits per heavy atom. The molecule has 1 N–H and O–H groups in total. The van der Waals surface area contributed by atoms with E-state index in [-0.39, 0.29) is 17.4 Å². The van der Waals surface area contributed by atoms with Crippen LogP contribution in [0.4, 0.5) is 5.69 Å². The molecule has 7 heteroatoms. The SMILES string of the molecule is CN(C(=O)c1ccc(-c2cnc3ncc(C4(c5ccc6c(c5)C=CCN6)CC4)n3c2)cc1)C1CCN(Cc2ccccc2)C1. The fourth-order valence-electron chi connectivity index (χ4n) is 7.00. The minimum absolute atomic E-state index is 0.0438. The molecule has 2 fully saturated rings. The Kier molecular flexibility index (Phi) is 6.56. The van der Waals surface area contributed by atoms with Gasteiger partial charge >= 0.3 is 0 Å². The molecule has 1 saturated heterocycles. The van der Waals surface area contributed by atoms with Crippen molar-refractivity contribution in [1.29, 1.82) is 0 Å². The highest BCUT2D eigenvalue weighted by Crippen LogP contribution is 2.54. The Morgan fingerprint density at radius 1 is 1.00 bits per heavy atom. The molecule has 4 heterocycles. The number of imidazole rings is 1. The summed E-state index contributed by atoms with van der Waals surface area (Å²) in [4.78, 5) is 27.2. The van der Waals surface area contributed by atoms with Crippen molar-refractivity contribution < 1.29 is 4.79 Å². The predicted molar refractivity (Wildman–Crippen MR) is 175 cm³/mol. The monoisotopic (exact) mass is 580 g/mol. The first-order valence-electron chi connectivity index (χ1n) is 15.6. The molecule has 1 amide bonds. The van der Waals surface area contributed by atoms with Gasteiger partial charge in [0.25, 0.3) is 5.91 Å². The molecule has 0 spiro atoms. The Labute approximate surface area is 257 Å². The number of likely N-dealkylation sites (tertiary alicyclic amines) is 1. The zero-order valence-corrected chi connectivity index (χ0v) is 25.0. The van der Waals surface area contributed by atoms with Gasteiger partial charge in [-0.1, -0.05) is 60.7 Å². The second-order valence-corrected chi connectivity index (χ2v) is 12.5. The summed E-state index contributed by atoms with van der Waals surface area (Å²) in [6.07, 6.45) is 13.6. The van der Waals surface area contributed by atoms with Crippen LogP contribution in [-0.2, 0) is 12.0 Å². The van der Waals surface area contributed by atoms with E-state index in [9.17, 15) is 4.79 Å². The first-order chi connectivity index (χ1) is 21.6. The van der Waals surface area contributed by atoms with Crippen LogP contribution in [0.25, 0.3) is 23.0 Å². The molecule has 220 valence electrons. The number of aromatic nitrogens is 3. The van der Waals surface area contributed by atoms with E-state index < -0.39 is 0 Å². The van der Waals surface area contributed by atoms with Gasteiger partial charge < -0.3 is 10.2 Å². The maximum atomic E-state index is 13.4. The van der Waals surface area contributed by atoms with Gasteiger partial charge in [0, 0.05) is 73.9 Å². The van der Waals surface area contributed by atoms with Crippen LogP contribution in [-0.4, -0.2) is 62.8 Å². The number of anilines is 1. The molecular formula is C37H36N6O. The van der Waals surface area contributed by atoms with E-state index in [0.717, 1.165) is 56.6 Å². The molecule has 1 saturated carbocycles. The van der Waals surface area contributed by atoms with Crippen LogP contribution in [0.5, 0.6) is 0 Å². The van der Waals surface area contributed by atoms with E-state index in [1.54, 1.807) is 0 Å². The summed E-state index contributed by atoms with van der Waals surface area (Å²) in [5, 5.41) is 3.45. The van der Waals surface area contributed by atoms with Crippen LogP contribution in [0.1, 0.15) is 52.0 Å². The number of nitrogens with one attached hydrogen (secondary N) is 1. The number of amides is 1. The maximum Gasteiger partial charge on any atom is 0.253 e. The van der Waals surface area contributed by atoms with Crippen LogP contribution in [0.3, 0.4) is 0 Å². The molecule has 3 aromatic carbocycles. The van der Waals surface area contributed by atoms with Crippen molar-refractivity contribution >= 4 is 23.4 Å². The van der Waals surface area contributed by atoms with Gasteiger partial charge in [-0.05, 0) is 65.8 Å². The molecule has 44 heavy (non-hydrogen) atoms. The number of nitrogens with zero attached hydrogens (tertiary/aromatic N) is 5. The smallest absolute Gasteiger partial charge is 0.253 e. The van der Waals surface area contributed by atoms with Gasteiger partial charge in [-0.15, -0.1) is 0 Å². The Bertz CT molecular complexity index is 1870. The van der Waals surface area contributed by atoms with Crippen molar-refractivity contribution in [2.24, 2.45) is 0 Å². The summed E-state index contributed by atoms with van der Waals surface area (Å²) in [6.45, 7) is 3.70. The van der Waals surface area contributed by atoms with Gasteiger partial charge in [0.2, 0.25) is 5.78 Å². The highest BCUT2D eigenvalue weighted by molar-refractivity contribution is 5.94. The van der Waals surface area contributed by atoms with E-state index in [1.165, 1.54) is 28.1 Å². The standard InChI is InChI=1S/C37H36N6O/c1-41(32-15-19-42(25-32)23-26-6-3-2-4-7-26)35(44)28-11-9-27(10-12-28)30-21-39-36-40-22-34(43(36)24-30)37(16-17-37)31-13-14-33-29(20-31)8-5-18-38-33/h2-14,20-22,24,32,38H,15-19,23,25H2,1H3. The minimum atomic E-state index is -0.0438.